The van der Waals surface area contributed by atoms with E-state index in [1.165, 1.54) is 6.33 Å². The van der Waals surface area contributed by atoms with E-state index in [1.54, 1.807) is 13.2 Å². The van der Waals surface area contributed by atoms with Gasteiger partial charge in [0.1, 0.15) is 12.1 Å². The van der Waals surface area contributed by atoms with Crippen molar-refractivity contribution in [1.82, 2.24) is 15.0 Å². The number of ether oxygens (including phenoxy) is 1. The molecule has 0 unspecified atom stereocenters. The lowest BCUT2D eigenvalue weighted by molar-refractivity contribution is 0.397. The molecule has 2 heterocycles. The molecule has 3 rings (SSSR count). The van der Waals surface area contributed by atoms with Crippen LogP contribution in [-0.2, 0) is 6.54 Å². The second kappa shape index (κ2) is 5.75. The lowest BCUT2D eigenvalue weighted by Gasteiger charge is -2.18. The standard InChI is InChI=1S/C16H16N4O/c1-20(15-9-16(21-2)18-11-17-15)10-13-8-7-12-5-3-4-6-14(12)19-13/h3-9,11H,10H2,1-2H3. The van der Waals surface area contributed by atoms with E-state index in [-0.39, 0.29) is 0 Å². The van der Waals surface area contributed by atoms with E-state index in [1.807, 2.05) is 36.2 Å². The molecule has 0 spiro atoms. The zero-order valence-corrected chi connectivity index (χ0v) is 12.0. The van der Waals surface area contributed by atoms with Gasteiger partial charge in [-0.3, -0.25) is 4.98 Å². The van der Waals surface area contributed by atoms with Gasteiger partial charge in [0.05, 0.1) is 24.9 Å². The molecule has 0 aliphatic heterocycles. The zero-order valence-electron chi connectivity index (χ0n) is 12.0. The number of pyridine rings is 1. The van der Waals surface area contributed by atoms with Crippen LogP contribution >= 0.6 is 0 Å². The van der Waals surface area contributed by atoms with Gasteiger partial charge in [-0.1, -0.05) is 24.3 Å². The molecule has 0 atom stereocenters. The summed E-state index contributed by atoms with van der Waals surface area (Å²) < 4.78 is 5.12. The lowest BCUT2D eigenvalue weighted by atomic mass is 10.2. The molecule has 2 aromatic heterocycles. The fourth-order valence-corrected chi connectivity index (χ4v) is 2.17. The topological polar surface area (TPSA) is 51.1 Å². The van der Waals surface area contributed by atoms with E-state index in [4.69, 9.17) is 4.74 Å². The van der Waals surface area contributed by atoms with Gasteiger partial charge in [-0.05, 0) is 12.1 Å². The minimum absolute atomic E-state index is 0.554. The van der Waals surface area contributed by atoms with Gasteiger partial charge in [-0.15, -0.1) is 0 Å². The first-order chi connectivity index (χ1) is 10.3. The highest BCUT2D eigenvalue weighted by Gasteiger charge is 2.07. The van der Waals surface area contributed by atoms with Gasteiger partial charge in [0.2, 0.25) is 5.88 Å². The molecular formula is C16H16N4O. The van der Waals surface area contributed by atoms with Gasteiger partial charge < -0.3 is 9.64 Å². The third-order valence-electron chi connectivity index (χ3n) is 3.28. The van der Waals surface area contributed by atoms with Crippen molar-refractivity contribution in [3.8, 4) is 5.88 Å². The largest absolute Gasteiger partial charge is 0.481 e. The highest BCUT2D eigenvalue weighted by molar-refractivity contribution is 5.78. The Balaban J connectivity index is 1.83. The monoisotopic (exact) mass is 280 g/mol. The van der Waals surface area contributed by atoms with Crippen LogP contribution in [0.1, 0.15) is 5.69 Å². The van der Waals surface area contributed by atoms with Crippen LogP contribution in [-0.4, -0.2) is 29.1 Å². The second-order valence-electron chi connectivity index (χ2n) is 4.77. The highest BCUT2D eigenvalue weighted by Crippen LogP contribution is 2.17. The maximum Gasteiger partial charge on any atom is 0.218 e. The van der Waals surface area contributed by atoms with Crippen molar-refractivity contribution < 1.29 is 4.74 Å². The molecule has 0 fully saturated rings. The number of para-hydroxylation sites is 1. The molecule has 5 heteroatoms. The van der Waals surface area contributed by atoms with Gasteiger partial charge in [0.15, 0.2) is 0 Å². The summed E-state index contributed by atoms with van der Waals surface area (Å²) in [6.45, 7) is 0.672. The number of rotatable bonds is 4. The molecule has 0 radical (unpaired) electrons. The van der Waals surface area contributed by atoms with Crippen LogP contribution in [0.4, 0.5) is 5.82 Å². The predicted octanol–water partition coefficient (Wildman–Crippen LogP) is 2.67. The van der Waals surface area contributed by atoms with Crippen LogP contribution in [0, 0.1) is 0 Å². The molecule has 0 N–H and O–H groups in total. The van der Waals surface area contributed by atoms with Crippen molar-refractivity contribution in [3.63, 3.8) is 0 Å². The third-order valence-corrected chi connectivity index (χ3v) is 3.28. The Kier molecular flexibility index (Phi) is 3.64. The highest BCUT2D eigenvalue weighted by atomic mass is 16.5. The van der Waals surface area contributed by atoms with Crippen LogP contribution in [0.25, 0.3) is 10.9 Å². The first-order valence-corrected chi connectivity index (χ1v) is 6.68. The molecule has 0 saturated carbocycles. The van der Waals surface area contributed by atoms with Crippen LogP contribution in [0.2, 0.25) is 0 Å². The predicted molar refractivity (Wildman–Crippen MR) is 82.4 cm³/mol. The Morgan fingerprint density at radius 3 is 2.81 bits per heavy atom. The molecule has 21 heavy (non-hydrogen) atoms. The minimum Gasteiger partial charge on any atom is -0.481 e. The van der Waals surface area contributed by atoms with E-state index in [0.29, 0.717) is 12.4 Å². The molecule has 3 aromatic rings. The fraction of sp³-hybridized carbons (Fsp3) is 0.188. The molecule has 0 aliphatic carbocycles. The van der Waals surface area contributed by atoms with E-state index >= 15 is 0 Å². The van der Waals surface area contributed by atoms with Gasteiger partial charge in [-0.25, -0.2) is 9.97 Å². The van der Waals surface area contributed by atoms with E-state index in [0.717, 1.165) is 22.4 Å². The number of benzene rings is 1. The Morgan fingerprint density at radius 1 is 1.10 bits per heavy atom. The van der Waals surface area contributed by atoms with Gasteiger partial charge in [0, 0.05) is 18.5 Å². The lowest BCUT2D eigenvalue weighted by Crippen LogP contribution is -2.18. The normalized spacial score (nSPS) is 10.6. The Bertz CT molecular complexity index is 760. The number of fused-ring (bicyclic) bond motifs is 1. The summed E-state index contributed by atoms with van der Waals surface area (Å²) in [6, 6.07) is 14.0. The summed E-state index contributed by atoms with van der Waals surface area (Å²) in [5.74, 6) is 1.36. The van der Waals surface area contributed by atoms with Crippen LogP contribution in [0.15, 0.2) is 48.8 Å². The number of hydrogen-bond donors (Lipinski definition) is 0. The van der Waals surface area contributed by atoms with Gasteiger partial charge >= 0.3 is 0 Å². The van der Waals surface area contributed by atoms with Crippen molar-refractivity contribution in [2.75, 3.05) is 19.1 Å². The van der Waals surface area contributed by atoms with Crippen LogP contribution in [0.5, 0.6) is 5.88 Å². The number of nitrogens with zero attached hydrogens (tertiary/aromatic N) is 4. The molecule has 5 nitrogen and oxygen atoms in total. The third kappa shape index (κ3) is 2.91. The molecule has 0 aliphatic rings. The SMILES string of the molecule is COc1cc(N(C)Cc2ccc3ccccc3n2)ncn1. The Morgan fingerprint density at radius 2 is 1.95 bits per heavy atom. The van der Waals surface area contributed by atoms with Crippen LogP contribution < -0.4 is 9.64 Å². The molecular weight excluding hydrogens is 264 g/mol. The Hall–Kier alpha value is -2.69. The average molecular weight is 280 g/mol. The number of methoxy groups -OCH3 is 1. The molecule has 106 valence electrons. The molecule has 0 bridgehead atoms. The summed E-state index contributed by atoms with van der Waals surface area (Å²) in [6.07, 6.45) is 1.50. The van der Waals surface area contributed by atoms with Crippen molar-refractivity contribution >= 4 is 16.7 Å². The van der Waals surface area contributed by atoms with Crippen molar-refractivity contribution in [2.45, 2.75) is 6.54 Å². The Labute approximate surface area is 123 Å². The molecule has 1 aromatic carbocycles. The number of hydrogen-bond acceptors (Lipinski definition) is 5. The fourth-order valence-electron chi connectivity index (χ4n) is 2.17. The van der Waals surface area contributed by atoms with Crippen molar-refractivity contribution in [1.29, 1.82) is 0 Å². The van der Waals surface area contributed by atoms with Crippen molar-refractivity contribution in [2.24, 2.45) is 0 Å². The summed E-state index contributed by atoms with van der Waals surface area (Å²) in [7, 11) is 3.57. The number of aromatic nitrogens is 3. The maximum atomic E-state index is 5.12. The first-order valence-electron chi connectivity index (χ1n) is 6.68. The van der Waals surface area contributed by atoms with E-state index in [9.17, 15) is 0 Å². The zero-order chi connectivity index (χ0) is 14.7. The van der Waals surface area contributed by atoms with Gasteiger partial charge in [-0.2, -0.15) is 0 Å². The van der Waals surface area contributed by atoms with Gasteiger partial charge in [0.25, 0.3) is 0 Å². The van der Waals surface area contributed by atoms with Crippen molar-refractivity contribution in [3.05, 3.63) is 54.5 Å². The van der Waals surface area contributed by atoms with E-state index < -0.39 is 0 Å². The second-order valence-corrected chi connectivity index (χ2v) is 4.77. The summed E-state index contributed by atoms with van der Waals surface area (Å²) >= 11 is 0. The summed E-state index contributed by atoms with van der Waals surface area (Å²) in [4.78, 5) is 14.9. The average Bonchev–Trinajstić information content (AvgIpc) is 2.54. The molecule has 0 amide bonds. The summed E-state index contributed by atoms with van der Waals surface area (Å²) in [5.41, 5.74) is 2.00. The quantitative estimate of drug-likeness (QED) is 0.735. The maximum absolute atomic E-state index is 5.12. The van der Waals surface area contributed by atoms with Crippen LogP contribution in [0.3, 0.4) is 0 Å². The smallest absolute Gasteiger partial charge is 0.218 e. The minimum atomic E-state index is 0.554. The first kappa shape index (κ1) is 13.3. The number of anilines is 1. The molecule has 0 saturated heterocycles. The summed E-state index contributed by atoms with van der Waals surface area (Å²) in [5, 5.41) is 1.15. The van der Waals surface area contributed by atoms with E-state index in [2.05, 4.69) is 27.1 Å².